The number of carbonyl (C=O) groups excluding carboxylic acids is 2. The van der Waals surface area contributed by atoms with Crippen molar-refractivity contribution in [2.45, 2.75) is 0 Å². The fourth-order valence-corrected chi connectivity index (χ4v) is 3.16. The number of rotatable bonds is 0. The molecular formula is C21H22N6O3. The highest BCUT2D eigenvalue weighted by Crippen LogP contribution is 2.23. The fourth-order valence-electron chi connectivity index (χ4n) is 3.16. The summed E-state index contributed by atoms with van der Waals surface area (Å²) < 4.78 is 7.03. The van der Waals surface area contributed by atoms with Crippen molar-refractivity contribution in [1.29, 1.82) is 0 Å². The summed E-state index contributed by atoms with van der Waals surface area (Å²) in [6.07, 6.45) is 3.33. The van der Waals surface area contributed by atoms with Gasteiger partial charge in [-0.25, -0.2) is 4.98 Å². The van der Waals surface area contributed by atoms with Crippen molar-refractivity contribution in [3.63, 3.8) is 0 Å². The zero-order valence-electron chi connectivity index (χ0n) is 16.5. The number of hydrogen-bond acceptors (Lipinski definition) is 6. The van der Waals surface area contributed by atoms with Gasteiger partial charge in [0, 0.05) is 38.1 Å². The molecule has 9 heteroatoms. The number of aromatic nitrogens is 3. The van der Waals surface area contributed by atoms with E-state index >= 15 is 0 Å². The van der Waals surface area contributed by atoms with Gasteiger partial charge in [0.15, 0.2) is 5.69 Å². The molecule has 0 fully saturated rings. The van der Waals surface area contributed by atoms with Gasteiger partial charge in [0.05, 0.1) is 18.9 Å². The maximum absolute atomic E-state index is 12.8. The van der Waals surface area contributed by atoms with Gasteiger partial charge < -0.3 is 20.7 Å². The van der Waals surface area contributed by atoms with Crippen molar-refractivity contribution in [2.24, 2.45) is 7.05 Å². The van der Waals surface area contributed by atoms with Crippen molar-refractivity contribution in [3.05, 3.63) is 60.0 Å². The van der Waals surface area contributed by atoms with Crippen LogP contribution in [0.3, 0.4) is 0 Å². The van der Waals surface area contributed by atoms with Crippen molar-refractivity contribution in [3.8, 4) is 11.1 Å². The maximum atomic E-state index is 12.8. The number of benzene rings is 1. The largest absolute Gasteiger partial charge is 0.378 e. The van der Waals surface area contributed by atoms with E-state index in [-0.39, 0.29) is 17.5 Å². The highest BCUT2D eigenvalue weighted by atomic mass is 16.5. The molecule has 0 unspecified atom stereocenters. The Bertz CT molecular complexity index is 1080. The van der Waals surface area contributed by atoms with Gasteiger partial charge >= 0.3 is 0 Å². The number of nitrogens with one attached hydrogen (secondary N) is 3. The number of anilines is 2. The molecule has 2 aromatic heterocycles. The summed E-state index contributed by atoms with van der Waals surface area (Å²) in [7, 11) is 1.69. The van der Waals surface area contributed by atoms with E-state index in [1.807, 2.05) is 24.3 Å². The van der Waals surface area contributed by atoms with Gasteiger partial charge in [-0.1, -0.05) is 12.1 Å². The third kappa shape index (κ3) is 4.47. The Kier molecular flexibility index (Phi) is 5.71. The second-order valence-electron chi connectivity index (χ2n) is 6.82. The second kappa shape index (κ2) is 8.75. The quantitative estimate of drug-likeness (QED) is 0.526. The molecule has 154 valence electrons. The van der Waals surface area contributed by atoms with Gasteiger partial charge in [0.25, 0.3) is 11.8 Å². The molecule has 0 saturated carbocycles. The molecule has 4 bridgehead atoms. The van der Waals surface area contributed by atoms with Crippen LogP contribution in [0.15, 0.2) is 48.8 Å². The van der Waals surface area contributed by atoms with Gasteiger partial charge in [-0.15, -0.1) is 0 Å². The van der Waals surface area contributed by atoms with E-state index in [1.54, 1.807) is 31.6 Å². The van der Waals surface area contributed by atoms with E-state index < -0.39 is 0 Å². The van der Waals surface area contributed by atoms with Crippen LogP contribution in [0.2, 0.25) is 0 Å². The Morgan fingerprint density at radius 3 is 2.60 bits per heavy atom. The van der Waals surface area contributed by atoms with E-state index in [0.717, 1.165) is 16.9 Å². The van der Waals surface area contributed by atoms with E-state index in [9.17, 15) is 9.59 Å². The topological polar surface area (TPSA) is 110 Å². The Balaban J connectivity index is 1.68. The third-order valence-electron chi connectivity index (χ3n) is 4.59. The minimum Gasteiger partial charge on any atom is -0.378 e. The number of nitrogens with zero attached hydrogens (tertiary/aromatic N) is 3. The van der Waals surface area contributed by atoms with Crippen molar-refractivity contribution in [2.75, 3.05) is 36.9 Å². The van der Waals surface area contributed by atoms with E-state index in [4.69, 9.17) is 4.74 Å². The average Bonchev–Trinajstić information content (AvgIpc) is 3.12. The summed E-state index contributed by atoms with van der Waals surface area (Å²) in [5.74, 6) is 0.0257. The normalized spacial score (nSPS) is 15.1. The zero-order valence-corrected chi connectivity index (χ0v) is 16.5. The van der Waals surface area contributed by atoms with Gasteiger partial charge in [-0.3, -0.25) is 14.3 Å². The van der Waals surface area contributed by atoms with E-state index in [2.05, 4.69) is 26.0 Å². The Hall–Kier alpha value is -3.72. The number of pyridine rings is 1. The van der Waals surface area contributed by atoms with Crippen LogP contribution in [0, 0.1) is 0 Å². The van der Waals surface area contributed by atoms with Gasteiger partial charge in [-0.05, 0) is 35.4 Å². The summed E-state index contributed by atoms with van der Waals surface area (Å²) in [6.45, 7) is 1.75. The summed E-state index contributed by atoms with van der Waals surface area (Å²) in [4.78, 5) is 29.7. The molecule has 9 nitrogen and oxygen atoms in total. The molecule has 0 spiro atoms. The number of hydrogen-bond donors (Lipinski definition) is 3. The Morgan fingerprint density at radius 1 is 0.967 bits per heavy atom. The predicted octanol–water partition coefficient (Wildman–Crippen LogP) is 1.91. The standard InChI is InChI=1S/C21H22N6O3/c1-27-13-17-19(26-27)21(29)24-8-10-30-9-7-23-18-12-15(5-6-22-18)14-3-2-4-16(11-14)20(28)25-17/h2-6,11-13H,7-10H2,1H3,(H,22,23)(H,24,29)(H,25,28). The molecule has 2 amide bonds. The monoisotopic (exact) mass is 406 g/mol. The number of fused-ring (bicyclic) bond motifs is 6. The smallest absolute Gasteiger partial charge is 0.274 e. The molecule has 0 atom stereocenters. The molecule has 0 aliphatic carbocycles. The minimum atomic E-state index is -0.373. The van der Waals surface area contributed by atoms with Gasteiger partial charge in [0.2, 0.25) is 0 Å². The molecule has 3 heterocycles. The molecule has 1 aromatic carbocycles. The first-order valence-corrected chi connectivity index (χ1v) is 9.61. The average molecular weight is 406 g/mol. The molecule has 0 radical (unpaired) electrons. The SMILES string of the molecule is Cn1cc2c(n1)C(=O)NCCOCCNc1cc(ccn1)-c1cccc(c1)C(=O)N2. The van der Waals surface area contributed by atoms with E-state index in [0.29, 0.717) is 37.6 Å². The molecule has 3 aromatic rings. The molecule has 1 aliphatic rings. The van der Waals surface area contributed by atoms with Crippen LogP contribution in [0.4, 0.5) is 11.5 Å². The maximum Gasteiger partial charge on any atom is 0.274 e. The second-order valence-corrected chi connectivity index (χ2v) is 6.82. The lowest BCUT2D eigenvalue weighted by molar-refractivity contribution is 0.0916. The minimum absolute atomic E-state index is 0.156. The zero-order chi connectivity index (χ0) is 20.9. The van der Waals surface area contributed by atoms with Crippen LogP contribution < -0.4 is 16.0 Å². The van der Waals surface area contributed by atoms with Crippen LogP contribution in [0.5, 0.6) is 0 Å². The van der Waals surface area contributed by atoms with Gasteiger partial charge in [0.1, 0.15) is 5.82 Å². The summed E-state index contributed by atoms with van der Waals surface area (Å²) >= 11 is 0. The fraction of sp³-hybridized carbons (Fsp3) is 0.238. The summed E-state index contributed by atoms with van der Waals surface area (Å²) in [5.41, 5.74) is 2.80. The molecule has 1 aliphatic heterocycles. The highest BCUT2D eigenvalue weighted by molar-refractivity contribution is 6.08. The first-order valence-electron chi connectivity index (χ1n) is 9.61. The lowest BCUT2D eigenvalue weighted by atomic mass is 10.0. The van der Waals surface area contributed by atoms with Gasteiger partial charge in [-0.2, -0.15) is 5.10 Å². The number of carbonyl (C=O) groups is 2. The third-order valence-corrected chi connectivity index (χ3v) is 4.59. The predicted molar refractivity (Wildman–Crippen MR) is 112 cm³/mol. The van der Waals surface area contributed by atoms with Crippen molar-refractivity contribution < 1.29 is 14.3 Å². The first-order chi connectivity index (χ1) is 14.6. The van der Waals surface area contributed by atoms with Crippen molar-refractivity contribution in [1.82, 2.24) is 20.1 Å². The van der Waals surface area contributed by atoms with Crippen LogP contribution in [-0.2, 0) is 11.8 Å². The molecular weight excluding hydrogens is 384 g/mol. The highest BCUT2D eigenvalue weighted by Gasteiger charge is 2.19. The number of ether oxygens (including phenoxy) is 1. The molecule has 4 rings (SSSR count). The molecule has 3 N–H and O–H groups in total. The van der Waals surface area contributed by atoms with E-state index in [1.165, 1.54) is 4.68 Å². The summed E-state index contributed by atoms with van der Waals surface area (Å²) in [5, 5.41) is 12.9. The summed E-state index contributed by atoms with van der Waals surface area (Å²) in [6, 6.07) is 11.1. The number of aryl methyl sites for hydroxylation is 1. The van der Waals surface area contributed by atoms with Crippen LogP contribution in [-0.4, -0.2) is 52.9 Å². The Labute approximate surface area is 173 Å². The van der Waals surface area contributed by atoms with Crippen LogP contribution in [0.1, 0.15) is 20.8 Å². The molecule has 30 heavy (non-hydrogen) atoms. The van der Waals surface area contributed by atoms with Crippen LogP contribution >= 0.6 is 0 Å². The van der Waals surface area contributed by atoms with Crippen molar-refractivity contribution >= 4 is 23.3 Å². The van der Waals surface area contributed by atoms with Crippen LogP contribution in [0.25, 0.3) is 11.1 Å². The Morgan fingerprint density at radius 2 is 1.73 bits per heavy atom. The molecule has 0 saturated heterocycles. The lowest BCUT2D eigenvalue weighted by Crippen LogP contribution is -2.29. The number of amides is 2. The lowest BCUT2D eigenvalue weighted by Gasteiger charge is -2.11. The first kappa shape index (κ1) is 19.6.